The average Bonchev–Trinajstić information content (AvgIpc) is 2.57. The lowest BCUT2D eigenvalue weighted by Crippen LogP contribution is -2.17. The van der Waals surface area contributed by atoms with Gasteiger partial charge in [-0.1, -0.05) is 0 Å². The van der Waals surface area contributed by atoms with Crippen molar-refractivity contribution in [1.29, 1.82) is 0 Å². The van der Waals surface area contributed by atoms with Gasteiger partial charge in [-0.3, -0.25) is 19.7 Å². The summed E-state index contributed by atoms with van der Waals surface area (Å²) in [6.45, 7) is 1.38. The molecule has 0 heterocycles. The smallest absolute Gasteiger partial charge is 0.312 e. The summed E-state index contributed by atoms with van der Waals surface area (Å²) in [5.41, 5.74) is 2.98. The second kappa shape index (κ2) is 8.21. The third-order valence-corrected chi connectivity index (χ3v) is 3.71. The van der Waals surface area contributed by atoms with Gasteiger partial charge in [0.1, 0.15) is 0 Å². The van der Waals surface area contributed by atoms with Crippen molar-refractivity contribution >= 4 is 45.3 Å². The molecule has 0 atom stereocenters. The molecular formula is C16H13BrN4O5. The molecule has 0 radical (unpaired) electrons. The van der Waals surface area contributed by atoms with Gasteiger partial charge in [-0.15, -0.1) is 0 Å². The number of rotatable bonds is 5. The summed E-state index contributed by atoms with van der Waals surface area (Å²) >= 11 is 3.01. The Morgan fingerprint density at radius 3 is 2.50 bits per heavy atom. The van der Waals surface area contributed by atoms with Gasteiger partial charge < -0.3 is 10.4 Å². The minimum atomic E-state index is -0.730. The molecule has 0 spiro atoms. The Bertz CT molecular complexity index is 896. The Balaban J connectivity index is 2.07. The Morgan fingerprint density at radius 1 is 1.27 bits per heavy atom. The minimum absolute atomic E-state index is 0.132. The van der Waals surface area contributed by atoms with Crippen LogP contribution < -0.4 is 10.7 Å². The summed E-state index contributed by atoms with van der Waals surface area (Å²) in [5.74, 6) is -1.21. The van der Waals surface area contributed by atoms with E-state index in [2.05, 4.69) is 31.8 Å². The van der Waals surface area contributed by atoms with Crippen LogP contribution in [-0.4, -0.2) is 28.1 Å². The number of amides is 2. The van der Waals surface area contributed by atoms with Crippen molar-refractivity contribution in [1.82, 2.24) is 5.43 Å². The quantitative estimate of drug-likeness (QED) is 0.388. The van der Waals surface area contributed by atoms with Crippen molar-refractivity contribution in [2.75, 3.05) is 5.32 Å². The molecule has 2 rings (SSSR count). The fraction of sp³-hybridized carbons (Fsp3) is 0.0625. The summed E-state index contributed by atoms with van der Waals surface area (Å²) in [7, 11) is 0. The van der Waals surface area contributed by atoms with E-state index < -0.39 is 22.3 Å². The summed E-state index contributed by atoms with van der Waals surface area (Å²) in [6.07, 6.45) is 1.21. The van der Waals surface area contributed by atoms with Gasteiger partial charge in [-0.25, -0.2) is 5.43 Å². The molecule has 0 saturated carbocycles. The van der Waals surface area contributed by atoms with Crippen LogP contribution in [-0.2, 0) is 4.79 Å². The number of carbonyl (C=O) groups is 2. The highest BCUT2D eigenvalue weighted by Gasteiger charge is 2.17. The van der Waals surface area contributed by atoms with Crippen LogP contribution in [0.3, 0.4) is 0 Å². The first-order chi connectivity index (χ1) is 12.3. The van der Waals surface area contributed by atoms with Gasteiger partial charge in [-0.2, -0.15) is 5.10 Å². The fourth-order valence-corrected chi connectivity index (χ4v) is 2.42. The van der Waals surface area contributed by atoms with Gasteiger partial charge >= 0.3 is 5.69 Å². The third-order valence-electron chi connectivity index (χ3n) is 3.11. The molecule has 0 bridgehead atoms. The van der Waals surface area contributed by atoms with Gasteiger partial charge in [0, 0.05) is 29.8 Å². The summed E-state index contributed by atoms with van der Waals surface area (Å²) < 4.78 is 0.132. The number of benzene rings is 2. The van der Waals surface area contributed by atoms with E-state index in [1.165, 1.54) is 31.3 Å². The van der Waals surface area contributed by atoms with Crippen LogP contribution in [0.4, 0.5) is 11.4 Å². The minimum Gasteiger partial charge on any atom is -0.501 e. The zero-order valence-electron chi connectivity index (χ0n) is 13.4. The van der Waals surface area contributed by atoms with E-state index in [0.29, 0.717) is 16.8 Å². The molecular weight excluding hydrogens is 408 g/mol. The van der Waals surface area contributed by atoms with E-state index in [9.17, 15) is 24.8 Å². The molecule has 0 fully saturated rings. The first kappa shape index (κ1) is 19.1. The summed E-state index contributed by atoms with van der Waals surface area (Å²) in [6, 6.07) is 8.70. The lowest BCUT2D eigenvalue weighted by Gasteiger charge is -2.04. The van der Waals surface area contributed by atoms with Crippen molar-refractivity contribution in [3.63, 3.8) is 0 Å². The topological polar surface area (TPSA) is 134 Å². The fourth-order valence-electron chi connectivity index (χ4n) is 1.96. The molecule has 0 aliphatic carbocycles. The van der Waals surface area contributed by atoms with Crippen molar-refractivity contribution in [3.05, 3.63) is 62.1 Å². The highest BCUT2D eigenvalue weighted by Crippen LogP contribution is 2.34. The van der Waals surface area contributed by atoms with Gasteiger partial charge in [-0.05, 0) is 46.3 Å². The van der Waals surface area contributed by atoms with E-state index in [1.807, 2.05) is 0 Å². The van der Waals surface area contributed by atoms with Crippen molar-refractivity contribution in [2.24, 2.45) is 5.10 Å². The predicted molar refractivity (Wildman–Crippen MR) is 98.3 cm³/mol. The number of hydrogen-bond donors (Lipinski definition) is 3. The molecule has 3 N–H and O–H groups in total. The number of nitro benzene ring substituents is 1. The number of nitro groups is 1. The number of halogens is 1. The Hall–Kier alpha value is -3.27. The van der Waals surface area contributed by atoms with Crippen LogP contribution in [0, 0.1) is 10.1 Å². The second-order valence-electron chi connectivity index (χ2n) is 5.09. The molecule has 9 nitrogen and oxygen atoms in total. The first-order valence-corrected chi connectivity index (χ1v) is 7.95. The molecule has 2 aromatic rings. The summed E-state index contributed by atoms with van der Waals surface area (Å²) in [4.78, 5) is 33.1. The van der Waals surface area contributed by atoms with Crippen LogP contribution in [0.25, 0.3) is 0 Å². The van der Waals surface area contributed by atoms with Crippen LogP contribution in [0.5, 0.6) is 5.75 Å². The normalized spacial score (nSPS) is 10.5. The molecule has 2 amide bonds. The maximum absolute atomic E-state index is 12.0. The molecule has 134 valence electrons. The number of anilines is 1. The maximum Gasteiger partial charge on any atom is 0.312 e. The van der Waals surface area contributed by atoms with E-state index in [1.54, 1.807) is 12.1 Å². The zero-order chi connectivity index (χ0) is 19.3. The highest BCUT2D eigenvalue weighted by atomic mass is 79.9. The Morgan fingerprint density at radius 2 is 1.92 bits per heavy atom. The zero-order valence-corrected chi connectivity index (χ0v) is 15.0. The molecule has 2 aromatic carbocycles. The second-order valence-corrected chi connectivity index (χ2v) is 5.94. The van der Waals surface area contributed by atoms with Crippen molar-refractivity contribution in [3.8, 4) is 5.75 Å². The molecule has 0 aliphatic rings. The summed E-state index contributed by atoms with van der Waals surface area (Å²) in [5, 5.41) is 26.8. The number of phenols is 1. The number of hydrogen-bond acceptors (Lipinski definition) is 6. The van der Waals surface area contributed by atoms with Crippen LogP contribution in [0.1, 0.15) is 22.8 Å². The van der Waals surface area contributed by atoms with Gasteiger partial charge in [0.15, 0.2) is 0 Å². The van der Waals surface area contributed by atoms with Gasteiger partial charge in [0.2, 0.25) is 11.7 Å². The lowest BCUT2D eigenvalue weighted by atomic mass is 10.2. The lowest BCUT2D eigenvalue weighted by molar-refractivity contribution is -0.386. The maximum atomic E-state index is 12.0. The molecule has 10 heteroatoms. The number of hydrazone groups is 1. The van der Waals surface area contributed by atoms with E-state index >= 15 is 0 Å². The molecule has 0 saturated heterocycles. The number of aromatic hydroxyl groups is 1. The van der Waals surface area contributed by atoms with E-state index in [-0.39, 0.29) is 10.4 Å². The Kier molecular flexibility index (Phi) is 6.02. The highest BCUT2D eigenvalue weighted by molar-refractivity contribution is 9.10. The molecule has 26 heavy (non-hydrogen) atoms. The van der Waals surface area contributed by atoms with Crippen LogP contribution >= 0.6 is 15.9 Å². The SMILES string of the molecule is CC(=O)Nc1ccc(C(=O)N/N=C/c2cc(Br)c(O)c([N+](=O)[O-])c2)cc1. The number of carbonyl (C=O) groups excluding carboxylic acids is 2. The van der Waals surface area contributed by atoms with Crippen molar-refractivity contribution in [2.45, 2.75) is 6.92 Å². The van der Waals surface area contributed by atoms with Crippen LogP contribution in [0.15, 0.2) is 46.0 Å². The molecule has 0 aliphatic heterocycles. The monoisotopic (exact) mass is 420 g/mol. The third kappa shape index (κ3) is 4.86. The molecule has 0 aromatic heterocycles. The Labute approximate surface area is 156 Å². The first-order valence-electron chi connectivity index (χ1n) is 7.16. The van der Waals surface area contributed by atoms with Crippen molar-refractivity contribution < 1.29 is 19.6 Å². The number of phenolic OH excluding ortho intramolecular Hbond substituents is 1. The number of nitrogens with one attached hydrogen (secondary N) is 2. The van der Waals surface area contributed by atoms with Crippen LogP contribution in [0.2, 0.25) is 0 Å². The largest absolute Gasteiger partial charge is 0.501 e. The van der Waals surface area contributed by atoms with Gasteiger partial charge in [0.25, 0.3) is 5.91 Å². The molecule has 0 unspecified atom stereocenters. The van der Waals surface area contributed by atoms with Gasteiger partial charge in [0.05, 0.1) is 15.6 Å². The number of nitrogens with zero attached hydrogens (tertiary/aromatic N) is 2. The van der Waals surface area contributed by atoms with E-state index in [0.717, 1.165) is 6.07 Å². The standard InChI is InChI=1S/C16H13BrN4O5/c1-9(22)19-12-4-2-11(3-5-12)16(24)20-18-8-10-6-13(17)15(23)14(7-10)21(25)26/h2-8,23H,1H3,(H,19,22)(H,20,24)/b18-8+. The average molecular weight is 421 g/mol. The van der Waals surface area contributed by atoms with E-state index in [4.69, 9.17) is 0 Å². The predicted octanol–water partition coefficient (Wildman–Crippen LogP) is 2.79.